The van der Waals surface area contributed by atoms with Crippen molar-refractivity contribution >= 4 is 23.5 Å². The molecule has 0 saturated carbocycles. The van der Waals surface area contributed by atoms with Crippen molar-refractivity contribution in [2.24, 2.45) is 0 Å². The maximum absolute atomic E-state index is 12.9. The smallest absolute Gasteiger partial charge is 0.288 e. The van der Waals surface area contributed by atoms with Gasteiger partial charge >= 0.3 is 0 Å². The molecule has 1 aliphatic heterocycles. The summed E-state index contributed by atoms with van der Waals surface area (Å²) >= 11 is 0.399. The monoisotopic (exact) mass is 430 g/mol. The second kappa shape index (κ2) is 8.78. The highest BCUT2D eigenvalue weighted by atomic mass is 32.2. The molecule has 0 atom stereocenters. The molecule has 30 heavy (non-hydrogen) atoms. The molecule has 3 aromatic rings. The van der Waals surface area contributed by atoms with Gasteiger partial charge in [-0.25, -0.2) is 4.68 Å². The fourth-order valence-electron chi connectivity index (χ4n) is 3.30. The Kier molecular flexibility index (Phi) is 5.93. The van der Waals surface area contributed by atoms with Gasteiger partial charge < -0.3 is 9.80 Å². The van der Waals surface area contributed by atoms with E-state index in [2.05, 4.69) is 20.2 Å². The van der Waals surface area contributed by atoms with Crippen LogP contribution in [0.5, 0.6) is 0 Å². The molecule has 0 spiro atoms. The number of hydrogen-bond donors (Lipinski definition) is 0. The third-order valence-electron chi connectivity index (χ3n) is 4.82. The van der Waals surface area contributed by atoms with E-state index in [9.17, 15) is 13.6 Å². The van der Waals surface area contributed by atoms with E-state index < -0.39 is 5.76 Å². The van der Waals surface area contributed by atoms with Crippen LogP contribution in [0.15, 0.2) is 53.6 Å². The van der Waals surface area contributed by atoms with Crippen LogP contribution in [-0.2, 0) is 0 Å². The molecule has 2 aromatic heterocycles. The lowest BCUT2D eigenvalue weighted by Gasteiger charge is -2.35. The summed E-state index contributed by atoms with van der Waals surface area (Å²) in [6.07, 6.45) is 1.83. The minimum Gasteiger partial charge on any atom is -0.352 e. The standard InChI is InChI=1S/C20H20F2N6OS/c1-14-8-9-28(25-14)18-7-6-17(23-24-18)26-10-12-27(13-11-26)19(29)15-4-2-3-5-16(15)30-20(21)22/h2-9,20H,10-13H2,1H3. The number of aryl methyl sites for hydroxylation is 1. The highest BCUT2D eigenvalue weighted by Gasteiger charge is 2.25. The van der Waals surface area contributed by atoms with E-state index in [1.807, 2.05) is 31.3 Å². The number of nitrogens with zero attached hydrogens (tertiary/aromatic N) is 6. The van der Waals surface area contributed by atoms with Crippen molar-refractivity contribution in [2.45, 2.75) is 17.6 Å². The zero-order valence-corrected chi connectivity index (χ0v) is 17.1. The minimum atomic E-state index is -2.57. The number of rotatable bonds is 5. The van der Waals surface area contributed by atoms with Gasteiger partial charge in [-0.3, -0.25) is 4.79 Å². The molecular formula is C20H20F2N6OS. The summed E-state index contributed by atoms with van der Waals surface area (Å²) in [5.41, 5.74) is 1.21. The molecule has 1 amide bonds. The third-order valence-corrected chi connectivity index (χ3v) is 5.61. The minimum absolute atomic E-state index is 0.228. The van der Waals surface area contributed by atoms with E-state index in [1.54, 1.807) is 33.8 Å². The molecule has 7 nitrogen and oxygen atoms in total. The van der Waals surface area contributed by atoms with Crippen LogP contribution >= 0.6 is 11.8 Å². The number of thioether (sulfide) groups is 1. The van der Waals surface area contributed by atoms with Crippen LogP contribution in [0.2, 0.25) is 0 Å². The van der Waals surface area contributed by atoms with Crippen LogP contribution in [0.25, 0.3) is 5.82 Å². The quantitative estimate of drug-likeness (QED) is 0.579. The van der Waals surface area contributed by atoms with Gasteiger partial charge in [-0.1, -0.05) is 23.9 Å². The molecule has 0 unspecified atom stereocenters. The van der Waals surface area contributed by atoms with Gasteiger partial charge in [0, 0.05) is 37.3 Å². The molecule has 10 heteroatoms. The summed E-state index contributed by atoms with van der Waals surface area (Å²) in [6.45, 7) is 4.04. The van der Waals surface area contributed by atoms with Gasteiger partial charge in [0.05, 0.1) is 11.3 Å². The molecule has 1 aromatic carbocycles. The lowest BCUT2D eigenvalue weighted by atomic mass is 10.2. The molecule has 1 fully saturated rings. The van der Waals surface area contributed by atoms with E-state index in [0.717, 1.165) is 11.5 Å². The van der Waals surface area contributed by atoms with Gasteiger partial charge in [0.25, 0.3) is 11.7 Å². The van der Waals surface area contributed by atoms with Gasteiger partial charge in [-0.05, 0) is 37.3 Å². The molecule has 3 heterocycles. The number of anilines is 1. The average molecular weight is 430 g/mol. The van der Waals surface area contributed by atoms with Crippen LogP contribution < -0.4 is 4.90 Å². The molecule has 0 radical (unpaired) electrons. The van der Waals surface area contributed by atoms with Crippen LogP contribution in [0, 0.1) is 6.92 Å². The van der Waals surface area contributed by atoms with Crippen LogP contribution in [0.4, 0.5) is 14.6 Å². The van der Waals surface area contributed by atoms with E-state index >= 15 is 0 Å². The number of benzene rings is 1. The van der Waals surface area contributed by atoms with Gasteiger partial charge in [-0.2, -0.15) is 13.9 Å². The SMILES string of the molecule is Cc1ccn(-c2ccc(N3CCN(C(=O)c4ccccc4SC(F)F)CC3)nn2)n1. The Labute approximate surface area is 176 Å². The highest BCUT2D eigenvalue weighted by Crippen LogP contribution is 2.29. The molecule has 0 aliphatic carbocycles. The lowest BCUT2D eigenvalue weighted by molar-refractivity contribution is 0.0743. The first-order valence-corrected chi connectivity index (χ1v) is 10.3. The predicted molar refractivity (Wildman–Crippen MR) is 110 cm³/mol. The van der Waals surface area contributed by atoms with E-state index in [0.29, 0.717) is 54.2 Å². The van der Waals surface area contributed by atoms with Gasteiger partial charge in [0.1, 0.15) is 0 Å². The predicted octanol–water partition coefficient (Wildman–Crippen LogP) is 3.25. The van der Waals surface area contributed by atoms with Crippen molar-refractivity contribution in [2.75, 3.05) is 31.1 Å². The van der Waals surface area contributed by atoms with E-state index in [1.165, 1.54) is 0 Å². The number of amides is 1. The molecule has 1 saturated heterocycles. The maximum atomic E-state index is 12.9. The zero-order chi connectivity index (χ0) is 21.1. The van der Waals surface area contributed by atoms with Crippen LogP contribution in [0.3, 0.4) is 0 Å². The first kappa shape index (κ1) is 20.3. The third kappa shape index (κ3) is 4.43. The number of piperazine rings is 1. The Bertz CT molecular complexity index is 1020. The zero-order valence-electron chi connectivity index (χ0n) is 16.3. The Morgan fingerprint density at radius 1 is 1.00 bits per heavy atom. The Morgan fingerprint density at radius 3 is 2.33 bits per heavy atom. The Hall–Kier alpha value is -3.01. The number of carbonyl (C=O) groups is 1. The lowest BCUT2D eigenvalue weighted by Crippen LogP contribution is -2.49. The van der Waals surface area contributed by atoms with Crippen molar-refractivity contribution < 1.29 is 13.6 Å². The maximum Gasteiger partial charge on any atom is 0.288 e. The summed E-state index contributed by atoms with van der Waals surface area (Å²) in [4.78, 5) is 16.9. The van der Waals surface area contributed by atoms with Crippen molar-refractivity contribution in [3.05, 3.63) is 59.9 Å². The van der Waals surface area contributed by atoms with Crippen LogP contribution in [0.1, 0.15) is 16.1 Å². The molecule has 156 valence electrons. The molecule has 1 aliphatic rings. The fourth-order valence-corrected chi connectivity index (χ4v) is 3.93. The van der Waals surface area contributed by atoms with Gasteiger partial charge in [0.15, 0.2) is 11.6 Å². The summed E-state index contributed by atoms with van der Waals surface area (Å²) in [6, 6.07) is 12.1. The number of carbonyl (C=O) groups excluding carboxylic acids is 1. The summed E-state index contributed by atoms with van der Waals surface area (Å²) < 4.78 is 27.3. The largest absolute Gasteiger partial charge is 0.352 e. The Morgan fingerprint density at radius 2 is 1.70 bits per heavy atom. The second-order valence-corrected chi connectivity index (χ2v) is 7.84. The van der Waals surface area contributed by atoms with E-state index in [-0.39, 0.29) is 5.91 Å². The first-order chi connectivity index (χ1) is 14.5. The second-order valence-electron chi connectivity index (χ2n) is 6.81. The first-order valence-electron chi connectivity index (χ1n) is 9.46. The number of halogens is 2. The highest BCUT2D eigenvalue weighted by molar-refractivity contribution is 7.99. The molecular weight excluding hydrogens is 410 g/mol. The topological polar surface area (TPSA) is 67.2 Å². The van der Waals surface area contributed by atoms with Crippen molar-refractivity contribution in [1.82, 2.24) is 24.9 Å². The molecule has 0 N–H and O–H groups in total. The van der Waals surface area contributed by atoms with Crippen molar-refractivity contribution in [1.29, 1.82) is 0 Å². The van der Waals surface area contributed by atoms with Crippen LogP contribution in [-0.4, -0.2) is 62.7 Å². The summed E-state index contributed by atoms with van der Waals surface area (Å²) in [5.74, 6) is -1.44. The fraction of sp³-hybridized carbons (Fsp3) is 0.300. The Balaban J connectivity index is 1.40. The van der Waals surface area contributed by atoms with Gasteiger partial charge in [0.2, 0.25) is 0 Å². The number of hydrogen-bond acceptors (Lipinski definition) is 6. The molecule has 4 rings (SSSR count). The summed E-state index contributed by atoms with van der Waals surface area (Å²) in [7, 11) is 0. The molecule has 0 bridgehead atoms. The van der Waals surface area contributed by atoms with Crippen molar-refractivity contribution in [3.8, 4) is 5.82 Å². The van der Waals surface area contributed by atoms with Crippen molar-refractivity contribution in [3.63, 3.8) is 0 Å². The van der Waals surface area contributed by atoms with Gasteiger partial charge in [-0.15, -0.1) is 10.2 Å². The normalized spacial score (nSPS) is 14.4. The van der Waals surface area contributed by atoms with E-state index in [4.69, 9.17) is 0 Å². The number of alkyl halides is 2. The number of aromatic nitrogens is 4. The average Bonchev–Trinajstić information content (AvgIpc) is 3.20. The summed E-state index contributed by atoms with van der Waals surface area (Å²) in [5, 5.41) is 12.8.